The van der Waals surface area contributed by atoms with E-state index in [1.54, 1.807) is 0 Å². The van der Waals surface area contributed by atoms with Gasteiger partial charge in [-0.1, -0.05) is 17.6 Å². The molecule has 0 amide bonds. The molecular weight excluding hydrogens is 199 g/mol. The van der Waals surface area contributed by atoms with Gasteiger partial charge in [0.15, 0.2) is 0 Å². The Morgan fingerprint density at radius 3 is 2.10 bits per heavy atom. The van der Waals surface area contributed by atoms with E-state index in [1.807, 2.05) is 0 Å². The van der Waals surface area contributed by atoms with Gasteiger partial charge in [0.1, 0.15) is 0 Å². The Morgan fingerprint density at radius 2 is 1.80 bits per heavy atom. The van der Waals surface area contributed by atoms with Crippen molar-refractivity contribution >= 4 is 80.4 Å². The zero-order chi connectivity index (χ0) is 8.15. The van der Waals surface area contributed by atoms with Crippen LogP contribution in [0, 0.1) is 0 Å². The third-order valence-corrected chi connectivity index (χ3v) is 13.3. The highest BCUT2D eigenvalue weighted by Gasteiger charge is 2.08. The van der Waals surface area contributed by atoms with Crippen LogP contribution in [0.1, 0.15) is 6.92 Å². The topological polar surface area (TPSA) is 6.48 Å². The minimum absolute atomic E-state index is 0.165. The minimum Gasteiger partial charge on any atom is -0.569 e. The molecule has 1 unspecified atom stereocenters. The summed E-state index contributed by atoms with van der Waals surface area (Å²) in [4.78, 5) is 0.989. The summed E-state index contributed by atoms with van der Waals surface area (Å²) in [6.45, 7) is 2.42. The van der Waals surface area contributed by atoms with E-state index in [2.05, 4.69) is 17.4 Å². The standard InChI is InChI=1S/C2H4N.CH3.5Al.N.8H/c1-2-3;;;;;;;;;;;;;;;/h2H,1H3;1H3;;;;;;;;;;;;;;. The fourth-order valence-corrected chi connectivity index (χ4v) is 6.69. The Morgan fingerprint density at radius 1 is 1.30 bits per heavy atom. The van der Waals surface area contributed by atoms with E-state index in [-0.39, 0.29) is 30.9 Å². The first-order valence-electron chi connectivity index (χ1n) is 3.93. The molecule has 0 aliphatic carbocycles. The lowest BCUT2D eigenvalue weighted by molar-refractivity contribution is 0.659. The van der Waals surface area contributed by atoms with E-state index in [1.165, 1.54) is 49.5 Å². The molecule has 0 aliphatic heterocycles. The maximum absolute atomic E-state index is 2.79. The quantitative estimate of drug-likeness (QED) is 0.445. The predicted molar refractivity (Wildman–Crippen MR) is 58.9 cm³/mol. The highest BCUT2D eigenvalue weighted by atomic mass is 27.3. The van der Waals surface area contributed by atoms with E-state index in [4.69, 9.17) is 0 Å². The van der Waals surface area contributed by atoms with Crippen molar-refractivity contribution in [3.63, 3.8) is 0 Å². The van der Waals surface area contributed by atoms with Gasteiger partial charge in [-0.25, -0.2) is 0 Å². The molecule has 0 fully saturated rings. The first kappa shape index (κ1) is 12.6. The Labute approximate surface area is 101 Å². The van der Waals surface area contributed by atoms with Crippen LogP contribution in [0.5, 0.6) is 0 Å². The molecule has 0 aliphatic rings. The Kier molecular flexibility index (Phi) is 8.85. The lowest BCUT2D eigenvalue weighted by Crippen LogP contribution is -2.42. The summed E-state index contributed by atoms with van der Waals surface area (Å²) < 4.78 is 5.41. The third kappa shape index (κ3) is 6.14. The van der Waals surface area contributed by atoms with Crippen molar-refractivity contribution in [3.05, 3.63) is 0 Å². The number of hydrogen-bond acceptors (Lipinski definition) is 2. The van der Waals surface area contributed by atoms with Crippen molar-refractivity contribution in [2.45, 2.75) is 17.6 Å². The second kappa shape index (κ2) is 7.03. The molecule has 10 heavy (non-hydrogen) atoms. The molecule has 0 saturated heterocycles. The summed E-state index contributed by atoms with van der Waals surface area (Å²) in [7, 11) is 0. The van der Waals surface area contributed by atoms with Crippen molar-refractivity contribution in [2.75, 3.05) is 0 Å². The van der Waals surface area contributed by atoms with Gasteiger partial charge in [-0.3, -0.25) is 0 Å². The van der Waals surface area contributed by atoms with E-state index in [9.17, 15) is 0 Å². The highest BCUT2D eigenvalue weighted by Crippen LogP contribution is 1.88. The van der Waals surface area contributed by atoms with Crippen molar-refractivity contribution in [1.29, 1.82) is 0 Å². The normalized spacial score (nSPS) is 13.6. The number of nitrogens with zero attached hydrogens (tertiary/aromatic N) is 2. The van der Waals surface area contributed by atoms with Crippen LogP contribution in [0.3, 0.4) is 0 Å². The largest absolute Gasteiger partial charge is 0.569 e. The van der Waals surface area contributed by atoms with E-state index in [0.717, 1.165) is 4.90 Å². The van der Waals surface area contributed by atoms with E-state index in [0.29, 0.717) is 0 Å². The summed E-state index contributed by atoms with van der Waals surface area (Å²) in [6.07, 6.45) is 0. The van der Waals surface area contributed by atoms with Gasteiger partial charge in [-0.05, 0) is 0 Å². The molecule has 52 valence electrons. The molecule has 0 bridgehead atoms. The zero-order valence-corrected chi connectivity index (χ0v) is 16.7. The monoisotopic (exact) mass is 214 g/mol. The summed E-state index contributed by atoms with van der Waals surface area (Å²) in [5.74, 6) is 2.41. The van der Waals surface area contributed by atoms with Crippen LogP contribution in [-0.4, -0.2) is 90.0 Å². The van der Waals surface area contributed by atoms with Crippen molar-refractivity contribution < 1.29 is 0 Å². The maximum atomic E-state index is 2.79. The molecule has 0 aromatic carbocycles. The van der Waals surface area contributed by atoms with E-state index >= 15 is 0 Å². The average molecular weight is 214 g/mol. The SMILES string of the molecule is [CH3][AlH][N]([AlH2])[AlH][CH](C)[N]([AlH2])[AlH2]. The molecule has 0 N–H and O–H groups in total. The van der Waals surface area contributed by atoms with Gasteiger partial charge in [0.05, 0.1) is 0 Å². The summed E-state index contributed by atoms with van der Waals surface area (Å²) in [5.41, 5.74) is 0. The average Bonchev–Trinajstić information content (AvgIpc) is 1.87. The second-order valence-corrected chi connectivity index (χ2v) is 16.8. The van der Waals surface area contributed by atoms with Crippen LogP contribution >= 0.6 is 0 Å². The number of rotatable bonds is 4. The molecule has 0 radical (unpaired) electrons. The Hall–Kier alpha value is 2.58. The first-order chi connectivity index (χ1) is 4.57. The molecule has 0 aromatic heterocycles. The van der Waals surface area contributed by atoms with Crippen molar-refractivity contribution in [2.24, 2.45) is 0 Å². The molecule has 1 atom stereocenters. The van der Waals surface area contributed by atoms with Crippen LogP contribution in [0.4, 0.5) is 0 Å². The zero-order valence-electron chi connectivity index (χ0n) is 7.89. The van der Waals surface area contributed by atoms with Gasteiger partial charge in [0.2, 0.25) is 0 Å². The Bertz CT molecular complexity index is 89.0. The molecule has 0 heterocycles. The summed E-state index contributed by atoms with van der Waals surface area (Å²) >= 11 is 4.32. The first-order valence-corrected chi connectivity index (χ1v) is 10.1. The smallest absolute Gasteiger partial charge is 0.317 e. The van der Waals surface area contributed by atoms with Gasteiger partial charge in [-0.2, -0.15) is 0 Å². The minimum atomic E-state index is 0.165. The van der Waals surface area contributed by atoms with Gasteiger partial charge < -0.3 is 4.72 Å². The molecule has 0 rings (SSSR count). The summed E-state index contributed by atoms with van der Waals surface area (Å²) in [6, 6.07) is 0. The summed E-state index contributed by atoms with van der Waals surface area (Å²) in [5, 5.41) is 0. The van der Waals surface area contributed by atoms with Crippen molar-refractivity contribution in [1.82, 2.24) is 4.72 Å². The lowest BCUT2D eigenvalue weighted by atomic mass is 10.8. The second-order valence-electron chi connectivity index (χ2n) is 3.17. The van der Waals surface area contributed by atoms with Crippen LogP contribution in [0.25, 0.3) is 0 Å². The van der Waals surface area contributed by atoms with Crippen LogP contribution in [0.15, 0.2) is 0 Å². The maximum Gasteiger partial charge on any atom is 0.317 e. The fraction of sp³-hybridized carbons (Fsp3) is 1.00. The van der Waals surface area contributed by atoms with Crippen LogP contribution in [-0.2, 0) is 0 Å². The van der Waals surface area contributed by atoms with Gasteiger partial charge in [0, 0.05) is 0 Å². The number of hydrogen-bond donors (Lipinski definition) is 0. The predicted octanol–water partition coefficient (Wildman–Crippen LogP) is -3.67. The van der Waals surface area contributed by atoms with Crippen LogP contribution < -0.4 is 0 Å². The molecular formula is C3H15Al5N2. The Balaban J connectivity index is 3.46. The molecule has 0 aromatic rings. The lowest BCUT2D eigenvalue weighted by Gasteiger charge is -2.26. The van der Waals surface area contributed by atoms with Gasteiger partial charge in [0.25, 0.3) is 65.0 Å². The highest BCUT2D eigenvalue weighted by molar-refractivity contribution is 6.60. The molecule has 2 nitrogen and oxygen atoms in total. The van der Waals surface area contributed by atoms with Crippen LogP contribution in [0.2, 0.25) is 5.79 Å². The molecule has 7 heteroatoms. The molecule has 0 spiro atoms. The van der Waals surface area contributed by atoms with Crippen molar-refractivity contribution in [3.8, 4) is 0 Å². The molecule has 0 saturated carbocycles. The third-order valence-electron chi connectivity index (χ3n) is 2.00. The van der Waals surface area contributed by atoms with Gasteiger partial charge >= 0.3 is 15.4 Å². The van der Waals surface area contributed by atoms with Gasteiger partial charge in [-0.15, -0.1) is 0 Å². The fourth-order valence-electron chi connectivity index (χ4n) is 0.743. The van der Waals surface area contributed by atoms with E-state index < -0.39 is 0 Å².